The smallest absolute Gasteiger partial charge is 0.263 e. The second-order valence-corrected chi connectivity index (χ2v) is 8.57. The van der Waals surface area contributed by atoms with Crippen molar-refractivity contribution in [3.8, 4) is 0 Å². The van der Waals surface area contributed by atoms with E-state index in [0.717, 1.165) is 46.8 Å². The molecule has 2 aliphatic rings. The molecule has 122 valence electrons. The number of hydrogen-bond acceptors (Lipinski definition) is 4. The van der Waals surface area contributed by atoms with Gasteiger partial charge in [0.25, 0.3) is 5.56 Å². The molecular weight excluding hydrogens is 324 g/mol. The molecule has 23 heavy (non-hydrogen) atoms. The van der Waals surface area contributed by atoms with Crippen LogP contribution in [0.25, 0.3) is 10.2 Å². The van der Waals surface area contributed by atoms with E-state index in [1.807, 2.05) is 10.6 Å². The Kier molecular flexibility index (Phi) is 4.33. The fraction of sp³-hybridized carbons (Fsp3) is 0.556. The van der Waals surface area contributed by atoms with Crippen LogP contribution in [0.2, 0.25) is 0 Å². The van der Waals surface area contributed by atoms with Crippen LogP contribution in [-0.4, -0.2) is 15.3 Å². The minimum absolute atomic E-state index is 0.216. The van der Waals surface area contributed by atoms with E-state index in [1.165, 1.54) is 36.1 Å². The molecule has 1 saturated carbocycles. The van der Waals surface area contributed by atoms with E-state index >= 15 is 0 Å². The molecule has 0 radical (unpaired) electrons. The van der Waals surface area contributed by atoms with Gasteiger partial charge in [0.05, 0.1) is 5.39 Å². The summed E-state index contributed by atoms with van der Waals surface area (Å²) in [6.07, 6.45) is 11.2. The summed E-state index contributed by atoms with van der Waals surface area (Å²) in [6, 6.07) is 0.339. The van der Waals surface area contributed by atoms with Crippen molar-refractivity contribution in [3.63, 3.8) is 0 Å². The molecule has 5 heteroatoms. The lowest BCUT2D eigenvalue weighted by Gasteiger charge is -2.18. The first-order valence-corrected chi connectivity index (χ1v) is 10.4. The summed E-state index contributed by atoms with van der Waals surface area (Å²) >= 11 is 3.40. The molecule has 0 aromatic carbocycles. The summed E-state index contributed by atoms with van der Waals surface area (Å²) in [5.41, 5.74) is 1.52. The molecule has 0 unspecified atom stereocenters. The first-order valence-electron chi connectivity index (χ1n) is 8.60. The Bertz CT molecular complexity index is 799. The van der Waals surface area contributed by atoms with Gasteiger partial charge in [0, 0.05) is 16.7 Å². The summed E-state index contributed by atoms with van der Waals surface area (Å²) in [6.45, 7) is 3.81. The third-order valence-electron chi connectivity index (χ3n) is 5.01. The van der Waals surface area contributed by atoms with Gasteiger partial charge in [0.2, 0.25) is 0 Å². The van der Waals surface area contributed by atoms with Crippen LogP contribution in [0.1, 0.15) is 55.0 Å². The lowest BCUT2D eigenvalue weighted by molar-refractivity contribution is 0.458. The van der Waals surface area contributed by atoms with Crippen LogP contribution in [0.3, 0.4) is 0 Å². The molecule has 1 fully saturated rings. The molecule has 0 atom stereocenters. The Labute approximate surface area is 144 Å². The molecule has 0 N–H and O–H groups in total. The van der Waals surface area contributed by atoms with Crippen molar-refractivity contribution in [1.29, 1.82) is 0 Å². The molecule has 0 bridgehead atoms. The van der Waals surface area contributed by atoms with Crippen LogP contribution in [-0.2, 0) is 12.8 Å². The molecule has 4 rings (SSSR count). The average molecular weight is 347 g/mol. The second-order valence-electron chi connectivity index (χ2n) is 6.50. The molecular formula is C18H22N2OS2. The highest BCUT2D eigenvalue weighted by molar-refractivity contribution is 7.99. The van der Waals surface area contributed by atoms with Crippen molar-refractivity contribution in [2.24, 2.45) is 0 Å². The molecule has 3 nitrogen and oxygen atoms in total. The van der Waals surface area contributed by atoms with E-state index in [1.54, 1.807) is 23.1 Å². The van der Waals surface area contributed by atoms with Gasteiger partial charge in [0.15, 0.2) is 5.16 Å². The SMILES string of the molecule is C=CCSc1nc2sc3c(c2c(=O)n1C1CCCC1)CCCC3. The number of thiophene rings is 1. The predicted octanol–water partition coefficient (Wildman–Crippen LogP) is 4.73. The highest BCUT2D eigenvalue weighted by Crippen LogP contribution is 2.37. The summed E-state index contributed by atoms with van der Waals surface area (Å²) in [4.78, 5) is 20.6. The summed E-state index contributed by atoms with van der Waals surface area (Å²) < 4.78 is 2.02. The van der Waals surface area contributed by atoms with Crippen LogP contribution in [0.5, 0.6) is 0 Å². The van der Waals surface area contributed by atoms with Crippen LogP contribution in [0.4, 0.5) is 0 Å². The van der Waals surface area contributed by atoms with Crippen LogP contribution in [0.15, 0.2) is 22.6 Å². The molecule has 2 heterocycles. The van der Waals surface area contributed by atoms with Crippen LogP contribution < -0.4 is 5.56 Å². The van der Waals surface area contributed by atoms with Crippen molar-refractivity contribution in [3.05, 3.63) is 33.4 Å². The minimum atomic E-state index is 0.216. The highest BCUT2D eigenvalue weighted by atomic mass is 32.2. The van der Waals surface area contributed by atoms with Gasteiger partial charge >= 0.3 is 0 Å². The molecule has 0 spiro atoms. The normalized spacial score (nSPS) is 18.4. The van der Waals surface area contributed by atoms with Crippen molar-refractivity contribution in [2.75, 3.05) is 5.75 Å². The van der Waals surface area contributed by atoms with E-state index in [0.29, 0.717) is 6.04 Å². The first kappa shape index (κ1) is 15.5. The third kappa shape index (κ3) is 2.68. The number of thioether (sulfide) groups is 1. The van der Waals surface area contributed by atoms with Gasteiger partial charge in [-0.25, -0.2) is 4.98 Å². The van der Waals surface area contributed by atoms with Gasteiger partial charge in [-0.2, -0.15) is 0 Å². The number of fused-ring (bicyclic) bond motifs is 3. The van der Waals surface area contributed by atoms with Gasteiger partial charge in [-0.15, -0.1) is 17.9 Å². The maximum absolute atomic E-state index is 13.3. The Hall–Kier alpha value is -1.07. The van der Waals surface area contributed by atoms with Crippen LogP contribution in [0, 0.1) is 0 Å². The Morgan fingerprint density at radius 1 is 1.26 bits per heavy atom. The Balaban J connectivity index is 1.93. The van der Waals surface area contributed by atoms with E-state index in [9.17, 15) is 4.79 Å². The number of rotatable bonds is 4. The molecule has 0 aliphatic heterocycles. The van der Waals surface area contributed by atoms with Gasteiger partial charge < -0.3 is 0 Å². The van der Waals surface area contributed by atoms with Crippen LogP contribution >= 0.6 is 23.1 Å². The second kappa shape index (κ2) is 6.44. The fourth-order valence-electron chi connectivity index (χ4n) is 3.92. The zero-order valence-corrected chi connectivity index (χ0v) is 15.0. The maximum atomic E-state index is 13.3. The Morgan fingerprint density at radius 2 is 2.04 bits per heavy atom. The van der Waals surface area contributed by atoms with Gasteiger partial charge in [-0.1, -0.05) is 30.7 Å². The number of aromatic nitrogens is 2. The monoisotopic (exact) mass is 346 g/mol. The van der Waals surface area contributed by atoms with E-state index in [2.05, 4.69) is 6.58 Å². The standard InChI is InChI=1S/C18H22N2OS2/c1-2-11-22-18-19-16-15(13-9-5-6-10-14(13)23-16)17(21)20(18)12-7-3-4-8-12/h2,12H,1,3-11H2. The third-order valence-corrected chi connectivity index (χ3v) is 7.14. The van der Waals surface area contributed by atoms with E-state index in [-0.39, 0.29) is 5.56 Å². The Morgan fingerprint density at radius 3 is 2.83 bits per heavy atom. The highest BCUT2D eigenvalue weighted by Gasteiger charge is 2.26. The predicted molar refractivity (Wildman–Crippen MR) is 98.9 cm³/mol. The topological polar surface area (TPSA) is 34.9 Å². The minimum Gasteiger partial charge on any atom is -0.284 e. The number of hydrogen-bond donors (Lipinski definition) is 0. The quantitative estimate of drug-likeness (QED) is 0.456. The summed E-state index contributed by atoms with van der Waals surface area (Å²) in [5, 5.41) is 1.83. The van der Waals surface area contributed by atoms with Crippen molar-refractivity contribution in [2.45, 2.75) is 62.6 Å². The van der Waals surface area contributed by atoms with E-state index in [4.69, 9.17) is 4.98 Å². The largest absolute Gasteiger partial charge is 0.284 e. The van der Waals surface area contributed by atoms with Crippen molar-refractivity contribution < 1.29 is 0 Å². The lowest BCUT2D eigenvalue weighted by atomic mass is 9.97. The molecule has 2 aliphatic carbocycles. The van der Waals surface area contributed by atoms with Crippen molar-refractivity contribution in [1.82, 2.24) is 9.55 Å². The zero-order valence-electron chi connectivity index (χ0n) is 13.3. The summed E-state index contributed by atoms with van der Waals surface area (Å²) in [5.74, 6) is 0.801. The molecule has 0 amide bonds. The zero-order chi connectivity index (χ0) is 15.8. The van der Waals surface area contributed by atoms with E-state index < -0.39 is 0 Å². The fourth-order valence-corrected chi connectivity index (χ4v) is 6.02. The number of aryl methyl sites for hydroxylation is 2. The molecule has 2 aromatic heterocycles. The van der Waals surface area contributed by atoms with Gasteiger partial charge in [-0.05, 0) is 44.1 Å². The molecule has 2 aromatic rings. The van der Waals surface area contributed by atoms with Crippen molar-refractivity contribution >= 4 is 33.3 Å². The van der Waals surface area contributed by atoms with Gasteiger partial charge in [0.1, 0.15) is 4.83 Å². The average Bonchev–Trinajstić information content (AvgIpc) is 3.19. The molecule has 0 saturated heterocycles. The number of nitrogens with zero attached hydrogens (tertiary/aromatic N) is 2. The maximum Gasteiger partial charge on any atom is 0.263 e. The lowest BCUT2D eigenvalue weighted by Crippen LogP contribution is -2.26. The van der Waals surface area contributed by atoms with Gasteiger partial charge in [-0.3, -0.25) is 9.36 Å². The first-order chi connectivity index (χ1) is 11.3. The summed E-state index contributed by atoms with van der Waals surface area (Å²) in [7, 11) is 0.